The number of rotatable bonds is 9. The average molecular weight is 571 g/mol. The minimum atomic E-state index is -0.746. The summed E-state index contributed by atoms with van der Waals surface area (Å²) in [6.07, 6.45) is 0. The van der Waals surface area contributed by atoms with Crippen molar-refractivity contribution in [2.45, 2.75) is 30.0 Å². The highest BCUT2D eigenvalue weighted by atomic mass is 32.2. The predicted octanol–water partition coefficient (Wildman–Crippen LogP) is 3.58. The Bertz CT molecular complexity index is 1470. The van der Waals surface area contributed by atoms with Crippen molar-refractivity contribution < 1.29 is 33.3 Å². The molecule has 2 amide bonds. The summed E-state index contributed by atoms with van der Waals surface area (Å²) in [5.74, 6) is -1.20. The second kappa shape index (κ2) is 11.1. The van der Waals surface area contributed by atoms with Crippen molar-refractivity contribution in [3.05, 3.63) is 62.6 Å². The Kier molecular flexibility index (Phi) is 7.67. The molecule has 204 valence electrons. The lowest BCUT2D eigenvalue weighted by atomic mass is 9.83. The molecule has 1 saturated heterocycles. The van der Waals surface area contributed by atoms with Gasteiger partial charge in [-0.3, -0.25) is 14.4 Å². The van der Waals surface area contributed by atoms with Gasteiger partial charge in [-0.25, -0.2) is 9.69 Å². The third-order valence-electron chi connectivity index (χ3n) is 6.43. The van der Waals surface area contributed by atoms with Gasteiger partial charge < -0.3 is 23.9 Å². The highest BCUT2D eigenvalue weighted by Gasteiger charge is 2.56. The minimum absolute atomic E-state index is 0.240. The zero-order valence-electron chi connectivity index (χ0n) is 21.4. The predicted molar refractivity (Wildman–Crippen MR) is 145 cm³/mol. The van der Waals surface area contributed by atoms with E-state index in [2.05, 4.69) is 4.98 Å². The summed E-state index contributed by atoms with van der Waals surface area (Å²) in [7, 11) is 1.54. The number of aromatic amines is 1. The Morgan fingerprint density at radius 1 is 0.974 bits per heavy atom. The number of H-pyrrole nitrogens is 1. The monoisotopic (exact) mass is 570 g/mol. The number of nitrogens with zero attached hydrogens (tertiary/aromatic N) is 1. The summed E-state index contributed by atoms with van der Waals surface area (Å²) in [5, 5.41) is -0.146. The van der Waals surface area contributed by atoms with Crippen LogP contribution in [0.1, 0.15) is 30.2 Å². The zero-order valence-corrected chi connectivity index (χ0v) is 23.1. The van der Waals surface area contributed by atoms with E-state index in [1.165, 1.54) is 16.7 Å². The third kappa shape index (κ3) is 5.01. The molecule has 1 aromatic heterocycles. The summed E-state index contributed by atoms with van der Waals surface area (Å²) >= 11 is 2.24. The number of anilines is 1. The van der Waals surface area contributed by atoms with Crippen LogP contribution in [0.5, 0.6) is 17.2 Å². The minimum Gasteiger partial charge on any atom is -0.497 e. The number of hydrogen-bond acceptors (Lipinski definition) is 10. The molecule has 10 nitrogen and oxygen atoms in total. The third-order valence-corrected chi connectivity index (χ3v) is 8.83. The smallest absolute Gasteiger partial charge is 0.344 e. The maximum Gasteiger partial charge on any atom is 0.344 e. The number of amides is 2. The number of imide groups is 1. The van der Waals surface area contributed by atoms with E-state index in [9.17, 15) is 19.2 Å². The lowest BCUT2D eigenvalue weighted by Gasteiger charge is -2.30. The first-order valence-electron chi connectivity index (χ1n) is 12.3. The van der Waals surface area contributed by atoms with Gasteiger partial charge in [-0.05, 0) is 55.8 Å². The van der Waals surface area contributed by atoms with Crippen LogP contribution in [-0.2, 0) is 19.1 Å². The van der Waals surface area contributed by atoms with Gasteiger partial charge in [-0.2, -0.15) is 0 Å². The Labute approximate surface area is 232 Å². The molecule has 39 heavy (non-hydrogen) atoms. The van der Waals surface area contributed by atoms with Gasteiger partial charge >= 0.3 is 10.8 Å². The van der Waals surface area contributed by atoms with Crippen molar-refractivity contribution in [3.8, 4) is 17.2 Å². The number of carbonyl (C=O) groups excluding carboxylic acids is 3. The van der Waals surface area contributed by atoms with Crippen LogP contribution in [0.2, 0.25) is 0 Å². The molecular weight excluding hydrogens is 544 g/mol. The molecule has 2 aliphatic rings. The molecule has 0 radical (unpaired) electrons. The lowest BCUT2D eigenvalue weighted by Crippen LogP contribution is -2.32. The van der Waals surface area contributed by atoms with Crippen molar-refractivity contribution in [2.24, 2.45) is 5.92 Å². The molecule has 2 aromatic carbocycles. The fraction of sp³-hybridized carbons (Fsp3) is 0.333. The average Bonchev–Trinajstić information content (AvgIpc) is 3.42. The summed E-state index contributed by atoms with van der Waals surface area (Å²) in [6, 6.07) is 11.9. The molecule has 3 aromatic rings. The molecule has 0 bridgehead atoms. The summed E-state index contributed by atoms with van der Waals surface area (Å²) in [4.78, 5) is 56.1. The number of esters is 1. The first-order chi connectivity index (χ1) is 18.9. The first-order valence-corrected chi connectivity index (χ1v) is 14.0. The van der Waals surface area contributed by atoms with Crippen LogP contribution in [0.15, 0.2) is 52.3 Å². The fourth-order valence-corrected chi connectivity index (χ4v) is 7.32. The van der Waals surface area contributed by atoms with Crippen molar-refractivity contribution in [2.75, 3.05) is 31.8 Å². The van der Waals surface area contributed by atoms with E-state index >= 15 is 0 Å². The number of thiazole rings is 1. The molecular formula is C27H26N2O8S2. The molecule has 1 N–H and O–H groups in total. The van der Waals surface area contributed by atoms with Crippen LogP contribution < -0.4 is 24.0 Å². The topological polar surface area (TPSA) is 124 Å². The standard InChI is InChI=1S/C27H26N2O8S2/c1-4-35-18-12-14(6-11-17(18)37-13-19(30)36-5-2)20-21-23(38-24-22(20)39-27(33)28-24)26(32)29(25(21)31)15-7-9-16(34-3)10-8-15/h6-12,20-21,23H,4-5,13H2,1-3H3,(H,28,33)/t20-,21-,23+/m0/s1. The number of benzene rings is 2. The van der Waals surface area contributed by atoms with E-state index in [0.29, 0.717) is 45.0 Å². The first kappa shape index (κ1) is 26.8. The molecule has 0 spiro atoms. The number of thioether (sulfide) groups is 1. The van der Waals surface area contributed by atoms with Crippen LogP contribution in [-0.4, -0.2) is 54.9 Å². The van der Waals surface area contributed by atoms with Gasteiger partial charge in [0.15, 0.2) is 18.1 Å². The molecule has 0 unspecified atom stereocenters. The number of ether oxygens (including phenoxy) is 4. The largest absolute Gasteiger partial charge is 0.497 e. The van der Waals surface area contributed by atoms with Crippen molar-refractivity contribution >= 4 is 46.6 Å². The maximum absolute atomic E-state index is 13.9. The van der Waals surface area contributed by atoms with E-state index in [1.54, 1.807) is 56.5 Å². The zero-order chi connectivity index (χ0) is 27.7. The quantitative estimate of drug-likeness (QED) is 0.304. The summed E-state index contributed by atoms with van der Waals surface area (Å²) in [5.41, 5.74) is 1.14. The number of hydrogen-bond donors (Lipinski definition) is 1. The molecule has 3 atom stereocenters. The number of aromatic nitrogens is 1. The van der Waals surface area contributed by atoms with E-state index in [-0.39, 0.29) is 29.9 Å². The van der Waals surface area contributed by atoms with Crippen LogP contribution in [0.25, 0.3) is 0 Å². The van der Waals surface area contributed by atoms with E-state index in [0.717, 1.165) is 11.3 Å². The molecule has 2 aliphatic heterocycles. The van der Waals surface area contributed by atoms with Crippen LogP contribution in [0.4, 0.5) is 5.69 Å². The van der Waals surface area contributed by atoms with Gasteiger partial charge in [-0.15, -0.1) is 0 Å². The molecule has 3 heterocycles. The number of nitrogens with one attached hydrogen (secondary N) is 1. The van der Waals surface area contributed by atoms with E-state index in [4.69, 9.17) is 18.9 Å². The van der Waals surface area contributed by atoms with Gasteiger partial charge in [0.25, 0.3) is 0 Å². The van der Waals surface area contributed by atoms with Gasteiger partial charge in [0, 0.05) is 10.8 Å². The second-order valence-electron chi connectivity index (χ2n) is 8.69. The van der Waals surface area contributed by atoms with Gasteiger partial charge in [0.2, 0.25) is 11.8 Å². The SMILES string of the molecule is CCOC(=O)COc1ccc([C@@H]2c3sc(=O)[nH]c3S[C@H]3C(=O)N(c4ccc(OC)cc4)C(=O)[C@@H]23)cc1OCC. The number of methoxy groups -OCH3 is 1. The Hall–Kier alpha value is -3.77. The van der Waals surface area contributed by atoms with Crippen molar-refractivity contribution in [3.63, 3.8) is 0 Å². The molecule has 0 saturated carbocycles. The Morgan fingerprint density at radius 3 is 2.44 bits per heavy atom. The van der Waals surface area contributed by atoms with E-state index < -0.39 is 23.1 Å². The Morgan fingerprint density at radius 2 is 1.74 bits per heavy atom. The second-order valence-corrected chi connectivity index (χ2v) is 10.9. The van der Waals surface area contributed by atoms with Crippen molar-refractivity contribution in [1.29, 1.82) is 0 Å². The maximum atomic E-state index is 13.9. The molecule has 12 heteroatoms. The van der Waals surface area contributed by atoms with E-state index in [1.807, 2.05) is 6.92 Å². The summed E-state index contributed by atoms with van der Waals surface area (Å²) < 4.78 is 21.6. The molecule has 5 rings (SSSR count). The van der Waals surface area contributed by atoms with Crippen LogP contribution >= 0.6 is 23.1 Å². The van der Waals surface area contributed by atoms with Crippen LogP contribution in [0, 0.1) is 5.92 Å². The van der Waals surface area contributed by atoms with Gasteiger partial charge in [-0.1, -0.05) is 29.2 Å². The van der Waals surface area contributed by atoms with Crippen LogP contribution in [0.3, 0.4) is 0 Å². The number of carbonyl (C=O) groups is 3. The molecule has 0 aliphatic carbocycles. The highest BCUT2D eigenvalue weighted by Crippen LogP contribution is 2.53. The van der Waals surface area contributed by atoms with Crippen molar-refractivity contribution in [1.82, 2.24) is 4.98 Å². The fourth-order valence-electron chi connectivity index (χ4n) is 4.81. The lowest BCUT2D eigenvalue weighted by molar-refractivity contribution is -0.145. The number of fused-ring (bicyclic) bond motifs is 2. The normalized spacial score (nSPS) is 19.9. The summed E-state index contributed by atoms with van der Waals surface area (Å²) in [6.45, 7) is 3.81. The Balaban J connectivity index is 1.54. The molecule has 1 fully saturated rings. The highest BCUT2D eigenvalue weighted by molar-refractivity contribution is 8.00. The van der Waals surface area contributed by atoms with Gasteiger partial charge in [0.05, 0.1) is 37.0 Å². The van der Waals surface area contributed by atoms with Gasteiger partial charge in [0.1, 0.15) is 11.0 Å².